The van der Waals surface area contributed by atoms with Crippen LogP contribution in [0.4, 0.5) is 5.69 Å². The lowest BCUT2D eigenvalue weighted by Gasteiger charge is -2.09. The molecule has 0 saturated carbocycles. The average molecular weight is 334 g/mol. The molecule has 0 saturated heterocycles. The number of hydrogen-bond donors (Lipinski definition) is 2. The van der Waals surface area contributed by atoms with Crippen LogP contribution in [0.15, 0.2) is 42.5 Å². The number of carbonyl (C=O) groups is 2. The fraction of sp³-hybridized carbons (Fsp3) is 0.176. The van der Waals surface area contributed by atoms with E-state index in [-0.39, 0.29) is 23.6 Å². The van der Waals surface area contributed by atoms with Crippen molar-refractivity contribution in [1.29, 1.82) is 0 Å². The van der Waals surface area contributed by atoms with Gasteiger partial charge >= 0.3 is 5.97 Å². The van der Waals surface area contributed by atoms with Crippen LogP contribution in [0.3, 0.4) is 0 Å². The Morgan fingerprint density at radius 3 is 2.70 bits per heavy atom. The Balaban J connectivity index is 2.01. The van der Waals surface area contributed by atoms with Gasteiger partial charge < -0.3 is 15.2 Å². The van der Waals surface area contributed by atoms with Crippen LogP contribution in [0.5, 0.6) is 5.75 Å². The minimum Gasteiger partial charge on any atom is -0.497 e. The highest BCUT2D eigenvalue weighted by Crippen LogP contribution is 2.21. The first kappa shape index (κ1) is 16.8. The predicted octanol–water partition coefficient (Wildman–Crippen LogP) is 3.62. The molecule has 0 radical (unpaired) electrons. The minimum absolute atomic E-state index is 0.0350. The largest absolute Gasteiger partial charge is 0.497 e. The zero-order valence-electron chi connectivity index (χ0n) is 12.5. The number of benzene rings is 2. The van der Waals surface area contributed by atoms with Crippen molar-refractivity contribution in [2.75, 3.05) is 12.4 Å². The molecule has 2 aromatic rings. The van der Waals surface area contributed by atoms with Crippen LogP contribution >= 0.6 is 11.6 Å². The summed E-state index contributed by atoms with van der Waals surface area (Å²) < 4.78 is 5.13. The first-order chi connectivity index (χ1) is 11.0. The lowest BCUT2D eigenvalue weighted by Crippen LogP contribution is -2.15. The van der Waals surface area contributed by atoms with E-state index in [1.54, 1.807) is 7.11 Å². The highest BCUT2D eigenvalue weighted by atomic mass is 35.5. The molecule has 1 amide bonds. The molecule has 120 valence electrons. The van der Waals surface area contributed by atoms with E-state index < -0.39 is 5.97 Å². The Morgan fingerprint density at radius 1 is 1.22 bits per heavy atom. The molecule has 2 rings (SSSR count). The van der Waals surface area contributed by atoms with E-state index in [2.05, 4.69) is 5.32 Å². The number of amides is 1. The third-order valence-corrected chi connectivity index (χ3v) is 3.50. The highest BCUT2D eigenvalue weighted by Gasteiger charge is 2.13. The number of ether oxygens (including phenoxy) is 1. The van der Waals surface area contributed by atoms with Crippen LogP contribution in [0, 0.1) is 0 Å². The molecular weight excluding hydrogens is 318 g/mol. The Bertz CT molecular complexity index is 730. The fourth-order valence-electron chi connectivity index (χ4n) is 2.10. The molecule has 5 nitrogen and oxygen atoms in total. The zero-order chi connectivity index (χ0) is 16.8. The molecule has 0 bridgehead atoms. The van der Waals surface area contributed by atoms with Gasteiger partial charge in [0.05, 0.1) is 18.4 Å². The lowest BCUT2D eigenvalue weighted by atomic mass is 10.1. The van der Waals surface area contributed by atoms with Gasteiger partial charge in [-0.3, -0.25) is 4.79 Å². The van der Waals surface area contributed by atoms with Crippen LogP contribution in [-0.4, -0.2) is 24.1 Å². The summed E-state index contributed by atoms with van der Waals surface area (Å²) in [5.74, 6) is -0.679. The van der Waals surface area contributed by atoms with Crippen LogP contribution in [0.1, 0.15) is 22.3 Å². The minimum atomic E-state index is -1.14. The van der Waals surface area contributed by atoms with Gasteiger partial charge in [0, 0.05) is 11.4 Å². The summed E-state index contributed by atoms with van der Waals surface area (Å²) in [4.78, 5) is 23.2. The van der Waals surface area contributed by atoms with Gasteiger partial charge in [0.1, 0.15) is 5.75 Å². The maximum atomic E-state index is 12.0. The monoisotopic (exact) mass is 333 g/mol. The molecule has 0 spiro atoms. The van der Waals surface area contributed by atoms with E-state index in [1.165, 1.54) is 18.2 Å². The van der Waals surface area contributed by atoms with Crippen molar-refractivity contribution in [1.82, 2.24) is 0 Å². The summed E-state index contributed by atoms with van der Waals surface area (Å²) in [7, 11) is 1.58. The number of methoxy groups -OCH3 is 1. The second-order valence-corrected chi connectivity index (χ2v) is 5.33. The van der Waals surface area contributed by atoms with Crippen molar-refractivity contribution >= 4 is 29.2 Å². The molecule has 0 heterocycles. The summed E-state index contributed by atoms with van der Waals surface area (Å²) in [5.41, 5.74) is 1.17. The number of anilines is 1. The van der Waals surface area contributed by atoms with E-state index in [0.29, 0.717) is 11.4 Å². The van der Waals surface area contributed by atoms with Crippen molar-refractivity contribution in [3.8, 4) is 5.75 Å². The standard InChI is InChI=1S/C17H16ClNO4/c1-23-13-4-2-3-11(9-13)5-8-16(20)19-15-7-6-12(18)10-14(15)17(21)22/h2-4,6-7,9-10H,5,8H2,1H3,(H,19,20)(H,21,22). The van der Waals surface area contributed by atoms with E-state index >= 15 is 0 Å². The topological polar surface area (TPSA) is 75.6 Å². The summed E-state index contributed by atoms with van der Waals surface area (Å²) >= 11 is 5.78. The predicted molar refractivity (Wildman–Crippen MR) is 88.4 cm³/mol. The van der Waals surface area contributed by atoms with Crippen molar-refractivity contribution in [2.24, 2.45) is 0 Å². The Labute approximate surface area is 138 Å². The molecule has 0 unspecified atom stereocenters. The summed E-state index contributed by atoms with van der Waals surface area (Å²) in [6.45, 7) is 0. The zero-order valence-corrected chi connectivity index (χ0v) is 13.3. The number of carbonyl (C=O) groups excluding carboxylic acids is 1. The van der Waals surface area contributed by atoms with Gasteiger partial charge in [-0.15, -0.1) is 0 Å². The number of aromatic carboxylic acids is 1. The highest BCUT2D eigenvalue weighted by molar-refractivity contribution is 6.31. The van der Waals surface area contributed by atoms with Crippen LogP contribution < -0.4 is 10.1 Å². The first-order valence-corrected chi connectivity index (χ1v) is 7.33. The third kappa shape index (κ3) is 4.72. The van der Waals surface area contributed by atoms with Crippen LogP contribution in [0.25, 0.3) is 0 Å². The number of rotatable bonds is 6. The van der Waals surface area contributed by atoms with Crippen LogP contribution in [-0.2, 0) is 11.2 Å². The smallest absolute Gasteiger partial charge is 0.337 e. The molecular formula is C17H16ClNO4. The summed E-state index contributed by atoms with van der Waals surface area (Å²) in [6, 6.07) is 11.8. The first-order valence-electron chi connectivity index (χ1n) is 6.95. The molecule has 0 aliphatic carbocycles. The summed E-state index contributed by atoms with van der Waals surface area (Å²) in [5, 5.41) is 12.1. The maximum Gasteiger partial charge on any atom is 0.337 e. The third-order valence-electron chi connectivity index (χ3n) is 3.26. The summed E-state index contributed by atoms with van der Waals surface area (Å²) in [6.07, 6.45) is 0.758. The molecule has 6 heteroatoms. The van der Waals surface area contributed by atoms with Gasteiger partial charge in [-0.05, 0) is 42.3 Å². The molecule has 2 aromatic carbocycles. The van der Waals surface area contributed by atoms with E-state index in [1.807, 2.05) is 24.3 Å². The van der Waals surface area contributed by atoms with Gasteiger partial charge in [0.2, 0.25) is 5.91 Å². The molecule has 2 N–H and O–H groups in total. The van der Waals surface area contributed by atoms with E-state index in [4.69, 9.17) is 21.4 Å². The normalized spacial score (nSPS) is 10.2. The SMILES string of the molecule is COc1cccc(CCC(=O)Nc2ccc(Cl)cc2C(=O)O)c1. The van der Waals surface area contributed by atoms with Gasteiger partial charge in [-0.25, -0.2) is 4.79 Å². The number of hydrogen-bond acceptors (Lipinski definition) is 3. The number of nitrogens with one attached hydrogen (secondary N) is 1. The average Bonchev–Trinajstić information content (AvgIpc) is 2.54. The second kappa shape index (κ2) is 7.65. The number of carboxylic acid groups (broad SMARTS) is 1. The van der Waals surface area contributed by atoms with Gasteiger partial charge in [-0.1, -0.05) is 23.7 Å². The fourth-order valence-corrected chi connectivity index (χ4v) is 2.27. The lowest BCUT2D eigenvalue weighted by molar-refractivity contribution is -0.116. The molecule has 0 aromatic heterocycles. The maximum absolute atomic E-state index is 12.0. The number of aryl methyl sites for hydroxylation is 1. The second-order valence-electron chi connectivity index (χ2n) is 4.89. The molecule has 23 heavy (non-hydrogen) atoms. The van der Waals surface area contributed by atoms with Crippen molar-refractivity contribution in [3.05, 3.63) is 58.6 Å². The van der Waals surface area contributed by atoms with Crippen molar-refractivity contribution in [3.63, 3.8) is 0 Å². The molecule has 0 fully saturated rings. The molecule has 0 aliphatic heterocycles. The van der Waals surface area contributed by atoms with Crippen molar-refractivity contribution in [2.45, 2.75) is 12.8 Å². The van der Waals surface area contributed by atoms with Gasteiger partial charge in [-0.2, -0.15) is 0 Å². The number of halogens is 1. The van der Waals surface area contributed by atoms with Crippen molar-refractivity contribution < 1.29 is 19.4 Å². The van der Waals surface area contributed by atoms with E-state index in [9.17, 15) is 9.59 Å². The number of carboxylic acids is 1. The Hall–Kier alpha value is -2.53. The Kier molecular flexibility index (Phi) is 5.60. The Morgan fingerprint density at radius 2 is 2.00 bits per heavy atom. The van der Waals surface area contributed by atoms with Gasteiger partial charge in [0.25, 0.3) is 0 Å². The van der Waals surface area contributed by atoms with Gasteiger partial charge in [0.15, 0.2) is 0 Å². The van der Waals surface area contributed by atoms with Crippen LogP contribution in [0.2, 0.25) is 5.02 Å². The molecule has 0 atom stereocenters. The van der Waals surface area contributed by atoms with E-state index in [0.717, 1.165) is 11.3 Å². The molecule has 0 aliphatic rings. The quantitative estimate of drug-likeness (QED) is 0.846.